The maximum atomic E-state index is 14.0. The summed E-state index contributed by atoms with van der Waals surface area (Å²) < 4.78 is 48.3. The Morgan fingerprint density at radius 1 is 1.13 bits per heavy atom. The van der Waals surface area contributed by atoms with Crippen molar-refractivity contribution in [3.63, 3.8) is 0 Å². The van der Waals surface area contributed by atoms with Crippen LogP contribution in [0.2, 0.25) is 0 Å². The molecular weight excluding hydrogens is 497 g/mol. The van der Waals surface area contributed by atoms with Crippen molar-refractivity contribution in [3.8, 4) is 5.88 Å². The Kier molecular flexibility index (Phi) is 6.70. The zero-order valence-corrected chi connectivity index (χ0v) is 21.9. The number of benzene rings is 1. The van der Waals surface area contributed by atoms with Crippen LogP contribution in [0.25, 0.3) is 0 Å². The first-order valence-corrected chi connectivity index (χ1v) is 12.6. The number of piperidine rings is 1. The predicted octanol–water partition coefficient (Wildman–Crippen LogP) is 5.32. The number of pyridine rings is 1. The first-order chi connectivity index (χ1) is 18.1. The Balaban J connectivity index is 1.43. The Labute approximate surface area is 219 Å². The minimum atomic E-state index is -4.52. The lowest BCUT2D eigenvalue weighted by molar-refractivity contribution is -0.138. The molecule has 2 aliphatic rings. The van der Waals surface area contributed by atoms with E-state index in [4.69, 9.17) is 4.74 Å². The van der Waals surface area contributed by atoms with E-state index in [1.54, 1.807) is 31.1 Å². The molecule has 0 saturated carbocycles. The number of amides is 2. The number of halogens is 3. The molecule has 0 spiro atoms. The summed E-state index contributed by atoms with van der Waals surface area (Å²) in [5.74, 6) is 0.978. The van der Waals surface area contributed by atoms with E-state index >= 15 is 0 Å². The summed E-state index contributed by atoms with van der Waals surface area (Å²) in [6.45, 7) is 5.15. The molecule has 2 aromatic heterocycles. The Bertz CT molecular complexity index is 1330. The van der Waals surface area contributed by atoms with Gasteiger partial charge in [0, 0.05) is 44.1 Å². The summed E-state index contributed by atoms with van der Waals surface area (Å²) in [6.07, 6.45) is 0.455. The number of carbonyl (C=O) groups excluding carboxylic acids is 1. The standard InChI is InChI=1S/C27H31F3N6O2/c1-17-9-12-31-25(38-4)23(17)34-13-10-20(11-14-34)36-18(2)21-16-33(3)32-24(21)35(26(36)37)15-19-7-5-6-8-22(19)27(28,29)30/h5-9,12,16,18,20H,10-11,13-15H2,1-4H3. The van der Waals surface area contributed by atoms with Crippen LogP contribution in [0.5, 0.6) is 5.88 Å². The number of anilines is 2. The number of aryl methyl sites for hydroxylation is 2. The van der Waals surface area contributed by atoms with Crippen LogP contribution in [0.15, 0.2) is 42.7 Å². The van der Waals surface area contributed by atoms with Crippen molar-refractivity contribution in [1.29, 1.82) is 0 Å². The van der Waals surface area contributed by atoms with Gasteiger partial charge in [-0.2, -0.15) is 18.3 Å². The van der Waals surface area contributed by atoms with Crippen molar-refractivity contribution in [2.24, 2.45) is 7.05 Å². The molecule has 0 bridgehead atoms. The molecule has 8 nitrogen and oxygen atoms in total. The third kappa shape index (κ3) is 4.54. The smallest absolute Gasteiger partial charge is 0.416 e. The monoisotopic (exact) mass is 528 g/mol. The van der Waals surface area contributed by atoms with E-state index in [-0.39, 0.29) is 30.2 Å². The van der Waals surface area contributed by atoms with Gasteiger partial charge in [-0.25, -0.2) is 9.78 Å². The average Bonchev–Trinajstić information content (AvgIpc) is 3.28. The molecule has 1 fully saturated rings. The number of rotatable bonds is 5. The van der Waals surface area contributed by atoms with Gasteiger partial charge in [-0.3, -0.25) is 9.58 Å². The second-order valence-electron chi connectivity index (χ2n) is 9.89. The van der Waals surface area contributed by atoms with Crippen LogP contribution in [0.1, 0.15) is 48.1 Å². The predicted molar refractivity (Wildman–Crippen MR) is 137 cm³/mol. The SMILES string of the molecule is COc1nccc(C)c1N1CCC(N2C(=O)N(Cc3ccccc3C(F)(F)F)c3nn(C)cc3C2C)CC1. The lowest BCUT2D eigenvalue weighted by Gasteiger charge is -2.46. The molecule has 0 N–H and O–H groups in total. The van der Waals surface area contributed by atoms with Crippen LogP contribution < -0.4 is 14.5 Å². The lowest BCUT2D eigenvalue weighted by Crippen LogP contribution is -2.55. The topological polar surface area (TPSA) is 66.7 Å². The normalized spacial score (nSPS) is 18.7. The molecule has 1 unspecified atom stereocenters. The van der Waals surface area contributed by atoms with E-state index in [1.165, 1.54) is 17.0 Å². The minimum Gasteiger partial charge on any atom is -0.480 e. The average molecular weight is 529 g/mol. The Morgan fingerprint density at radius 3 is 2.53 bits per heavy atom. The van der Waals surface area contributed by atoms with Gasteiger partial charge in [-0.05, 0) is 49.9 Å². The molecule has 38 heavy (non-hydrogen) atoms. The van der Waals surface area contributed by atoms with Gasteiger partial charge < -0.3 is 14.5 Å². The molecule has 1 aromatic carbocycles. The van der Waals surface area contributed by atoms with Gasteiger partial charge in [-0.15, -0.1) is 0 Å². The van der Waals surface area contributed by atoms with Crippen LogP contribution in [-0.2, 0) is 19.8 Å². The van der Waals surface area contributed by atoms with Crippen LogP contribution in [-0.4, -0.2) is 51.9 Å². The van der Waals surface area contributed by atoms with Crippen molar-refractivity contribution in [3.05, 3.63) is 65.0 Å². The van der Waals surface area contributed by atoms with E-state index < -0.39 is 11.7 Å². The number of fused-ring (bicyclic) bond motifs is 1. The number of hydrogen-bond acceptors (Lipinski definition) is 5. The highest BCUT2D eigenvalue weighted by Gasteiger charge is 2.43. The maximum absolute atomic E-state index is 14.0. The number of hydrogen-bond donors (Lipinski definition) is 0. The van der Waals surface area contributed by atoms with E-state index in [0.29, 0.717) is 37.6 Å². The molecule has 2 aliphatic heterocycles. The second-order valence-corrected chi connectivity index (χ2v) is 9.89. The number of methoxy groups -OCH3 is 1. The van der Waals surface area contributed by atoms with E-state index in [1.807, 2.05) is 31.0 Å². The number of carbonyl (C=O) groups is 1. The summed E-state index contributed by atoms with van der Waals surface area (Å²) >= 11 is 0. The van der Waals surface area contributed by atoms with Crippen molar-refractivity contribution < 1.29 is 22.7 Å². The highest BCUT2D eigenvalue weighted by molar-refractivity contribution is 5.94. The van der Waals surface area contributed by atoms with Gasteiger partial charge >= 0.3 is 12.2 Å². The van der Waals surface area contributed by atoms with E-state index in [9.17, 15) is 18.0 Å². The van der Waals surface area contributed by atoms with Crippen LogP contribution in [0.3, 0.4) is 0 Å². The van der Waals surface area contributed by atoms with Gasteiger partial charge in [0.15, 0.2) is 5.82 Å². The maximum Gasteiger partial charge on any atom is 0.416 e. The summed E-state index contributed by atoms with van der Waals surface area (Å²) in [4.78, 5) is 23.7. The summed E-state index contributed by atoms with van der Waals surface area (Å²) in [5, 5.41) is 4.47. The lowest BCUT2D eigenvalue weighted by atomic mass is 9.97. The molecule has 0 radical (unpaired) electrons. The second kappa shape index (κ2) is 9.85. The van der Waals surface area contributed by atoms with Crippen molar-refractivity contribution in [2.75, 3.05) is 30.0 Å². The molecule has 5 rings (SSSR count). The largest absolute Gasteiger partial charge is 0.480 e. The first kappa shape index (κ1) is 25.9. The number of urea groups is 1. The number of alkyl halides is 3. The fourth-order valence-corrected chi connectivity index (χ4v) is 5.69. The fourth-order valence-electron chi connectivity index (χ4n) is 5.69. The minimum absolute atomic E-state index is 0.0356. The van der Waals surface area contributed by atoms with Gasteiger partial charge in [0.2, 0.25) is 5.88 Å². The third-order valence-corrected chi connectivity index (χ3v) is 7.52. The molecule has 1 atom stereocenters. The molecule has 11 heteroatoms. The van der Waals surface area contributed by atoms with E-state index in [0.717, 1.165) is 22.9 Å². The number of ether oxygens (including phenoxy) is 1. The summed E-state index contributed by atoms with van der Waals surface area (Å²) in [6, 6.07) is 6.67. The van der Waals surface area contributed by atoms with E-state index in [2.05, 4.69) is 15.0 Å². The van der Waals surface area contributed by atoms with Gasteiger partial charge in [-0.1, -0.05) is 18.2 Å². The molecule has 4 heterocycles. The fraction of sp³-hybridized carbons (Fsp3) is 0.444. The molecule has 2 amide bonds. The van der Waals surface area contributed by atoms with Crippen LogP contribution >= 0.6 is 0 Å². The molecular formula is C27H31F3N6O2. The molecule has 202 valence electrons. The highest BCUT2D eigenvalue weighted by atomic mass is 19.4. The summed E-state index contributed by atoms with van der Waals surface area (Å²) in [5.41, 5.74) is 2.13. The van der Waals surface area contributed by atoms with Crippen molar-refractivity contribution >= 4 is 17.5 Å². The molecule has 0 aliphatic carbocycles. The number of aromatic nitrogens is 3. The van der Waals surface area contributed by atoms with Gasteiger partial charge in [0.1, 0.15) is 5.69 Å². The highest BCUT2D eigenvalue weighted by Crippen LogP contribution is 2.41. The Morgan fingerprint density at radius 2 is 1.84 bits per heavy atom. The van der Waals surface area contributed by atoms with Crippen molar-refractivity contribution in [1.82, 2.24) is 19.7 Å². The summed E-state index contributed by atoms with van der Waals surface area (Å²) in [7, 11) is 3.35. The molecule has 1 saturated heterocycles. The third-order valence-electron chi connectivity index (χ3n) is 7.52. The molecule has 3 aromatic rings. The zero-order chi connectivity index (χ0) is 27.2. The van der Waals surface area contributed by atoms with Gasteiger partial charge in [0.25, 0.3) is 0 Å². The van der Waals surface area contributed by atoms with Crippen LogP contribution in [0.4, 0.5) is 29.5 Å². The number of nitrogens with zero attached hydrogens (tertiary/aromatic N) is 6. The van der Waals surface area contributed by atoms with Crippen LogP contribution in [0, 0.1) is 6.92 Å². The Hall–Kier alpha value is -3.76. The zero-order valence-electron chi connectivity index (χ0n) is 21.9. The quantitative estimate of drug-likeness (QED) is 0.448. The van der Waals surface area contributed by atoms with Gasteiger partial charge in [0.05, 0.1) is 25.3 Å². The first-order valence-electron chi connectivity index (χ1n) is 12.6. The van der Waals surface area contributed by atoms with Crippen molar-refractivity contribution in [2.45, 2.75) is 51.5 Å².